The number of anilines is 2. The first-order chi connectivity index (χ1) is 19.2. The standard InChI is InChI=1S/C27H25N7O6/c1-32-22(36)18(21(35)29-26(32)40)13-28-16-7-8-19-15(11-16)12-27(23(37)30-25(39)31-24(27)38)20-14-33(9-10-34(19)20)17-5-3-2-4-6-17/h2-8,11,13,20,36H,9-10,12,14H2,1H3,(H,29,35,40)(H2,30,31,37,38,39). The molecule has 0 bridgehead atoms. The molecule has 40 heavy (non-hydrogen) atoms. The van der Waals surface area contributed by atoms with E-state index in [-0.39, 0.29) is 12.0 Å². The van der Waals surface area contributed by atoms with Crippen LogP contribution in [0.2, 0.25) is 0 Å². The number of aromatic nitrogens is 2. The first kappa shape index (κ1) is 25.1. The molecule has 0 radical (unpaired) electrons. The molecule has 4 amide bonds. The lowest BCUT2D eigenvalue weighted by Gasteiger charge is -2.54. The minimum atomic E-state index is -1.58. The molecule has 6 rings (SSSR count). The number of aliphatic imine (C=N–C) groups is 1. The molecular formula is C27H25N7O6. The normalized spacial score (nSPS) is 19.8. The van der Waals surface area contributed by atoms with Crippen LogP contribution < -0.4 is 31.7 Å². The van der Waals surface area contributed by atoms with Crippen LogP contribution in [-0.2, 0) is 23.1 Å². The summed E-state index contributed by atoms with van der Waals surface area (Å²) in [6.07, 6.45) is 1.17. The van der Waals surface area contributed by atoms with E-state index >= 15 is 0 Å². The lowest BCUT2D eigenvalue weighted by molar-refractivity contribution is -0.146. The summed E-state index contributed by atoms with van der Waals surface area (Å²) in [7, 11) is 1.31. The number of imide groups is 2. The van der Waals surface area contributed by atoms with Crippen LogP contribution in [0.3, 0.4) is 0 Å². The number of amides is 4. The topological polar surface area (TPSA) is 169 Å². The highest BCUT2D eigenvalue weighted by atomic mass is 16.3. The molecular weight excluding hydrogens is 518 g/mol. The molecule has 2 fully saturated rings. The number of hydrogen-bond donors (Lipinski definition) is 4. The van der Waals surface area contributed by atoms with Crippen LogP contribution in [0.5, 0.6) is 5.88 Å². The fourth-order valence-electron chi connectivity index (χ4n) is 5.77. The Morgan fingerprint density at radius 3 is 2.45 bits per heavy atom. The van der Waals surface area contributed by atoms with Gasteiger partial charge in [0.2, 0.25) is 17.7 Å². The van der Waals surface area contributed by atoms with Crippen molar-refractivity contribution in [3.63, 3.8) is 0 Å². The van der Waals surface area contributed by atoms with Gasteiger partial charge in [0.25, 0.3) is 5.56 Å². The van der Waals surface area contributed by atoms with Crippen LogP contribution >= 0.6 is 0 Å². The van der Waals surface area contributed by atoms with E-state index in [4.69, 9.17) is 0 Å². The minimum absolute atomic E-state index is 0.0199. The Morgan fingerprint density at radius 2 is 1.73 bits per heavy atom. The van der Waals surface area contributed by atoms with Gasteiger partial charge in [-0.3, -0.25) is 39.6 Å². The minimum Gasteiger partial charge on any atom is -0.494 e. The second-order valence-electron chi connectivity index (χ2n) is 10.0. The maximum atomic E-state index is 13.5. The van der Waals surface area contributed by atoms with Crippen molar-refractivity contribution in [3.05, 3.63) is 80.5 Å². The van der Waals surface area contributed by atoms with Gasteiger partial charge in [0.05, 0.1) is 11.7 Å². The predicted octanol–water partition coefficient (Wildman–Crippen LogP) is 0.134. The highest BCUT2D eigenvalue weighted by Gasteiger charge is 2.60. The van der Waals surface area contributed by atoms with E-state index in [0.29, 0.717) is 30.9 Å². The third kappa shape index (κ3) is 3.85. The van der Waals surface area contributed by atoms with Crippen LogP contribution in [0.1, 0.15) is 11.1 Å². The molecule has 0 aliphatic carbocycles. The van der Waals surface area contributed by atoms with E-state index in [1.54, 1.807) is 12.1 Å². The molecule has 1 unspecified atom stereocenters. The van der Waals surface area contributed by atoms with E-state index < -0.39 is 46.4 Å². The molecule has 1 aromatic heterocycles. The highest BCUT2D eigenvalue weighted by Crippen LogP contribution is 2.45. The van der Waals surface area contributed by atoms with Crippen molar-refractivity contribution in [1.82, 2.24) is 20.2 Å². The Bertz CT molecular complexity index is 1690. The summed E-state index contributed by atoms with van der Waals surface area (Å²) < 4.78 is 0.885. The van der Waals surface area contributed by atoms with E-state index in [1.165, 1.54) is 7.05 Å². The number of H-pyrrole nitrogens is 1. The van der Waals surface area contributed by atoms with E-state index in [9.17, 15) is 29.1 Å². The zero-order valence-corrected chi connectivity index (χ0v) is 21.4. The van der Waals surface area contributed by atoms with Crippen LogP contribution in [-0.4, -0.2) is 64.4 Å². The Kier molecular flexibility index (Phi) is 5.79. The molecule has 4 heterocycles. The van der Waals surface area contributed by atoms with Crippen LogP contribution in [0, 0.1) is 5.41 Å². The fraction of sp³-hybridized carbons (Fsp3) is 0.259. The summed E-state index contributed by atoms with van der Waals surface area (Å²) in [6, 6.07) is 13.6. The number of nitrogens with zero attached hydrogens (tertiary/aromatic N) is 4. The SMILES string of the molecule is Cn1c(O)c(C=Nc2ccc3c(c2)CC2(C(=O)NC(=O)NC2=O)C2CN(c4ccccc4)CCN32)c(=O)[nH]c1=O. The number of nitrogens with one attached hydrogen (secondary N) is 3. The van der Waals surface area contributed by atoms with E-state index in [2.05, 4.69) is 25.5 Å². The molecule has 13 nitrogen and oxygen atoms in total. The van der Waals surface area contributed by atoms with E-state index in [1.807, 2.05) is 41.3 Å². The molecule has 13 heteroatoms. The second-order valence-corrected chi connectivity index (χ2v) is 10.0. The summed E-state index contributed by atoms with van der Waals surface area (Å²) >= 11 is 0. The number of carbonyl (C=O) groups excluding carboxylic acids is 3. The lowest BCUT2D eigenvalue weighted by Crippen LogP contribution is -2.74. The third-order valence-corrected chi connectivity index (χ3v) is 7.85. The Labute approximate surface area is 226 Å². The van der Waals surface area contributed by atoms with Gasteiger partial charge < -0.3 is 14.9 Å². The summed E-state index contributed by atoms with van der Waals surface area (Å²) in [5.74, 6) is -1.85. The second kappa shape index (κ2) is 9.22. The van der Waals surface area contributed by atoms with Gasteiger partial charge in [-0.25, -0.2) is 9.59 Å². The van der Waals surface area contributed by atoms with E-state index in [0.717, 1.165) is 22.2 Å². The van der Waals surface area contributed by atoms with Gasteiger partial charge in [0.15, 0.2) is 5.41 Å². The largest absolute Gasteiger partial charge is 0.494 e. The number of aromatic amines is 1. The summed E-state index contributed by atoms with van der Waals surface area (Å²) in [4.78, 5) is 73.4. The van der Waals surface area contributed by atoms with Crippen molar-refractivity contribution in [1.29, 1.82) is 0 Å². The van der Waals surface area contributed by atoms with Crippen molar-refractivity contribution >= 4 is 41.1 Å². The number of carbonyl (C=O) groups is 3. The zero-order chi connectivity index (χ0) is 28.2. The van der Waals surface area contributed by atoms with Crippen molar-refractivity contribution in [2.75, 3.05) is 29.4 Å². The summed E-state index contributed by atoms with van der Waals surface area (Å²) in [6.45, 7) is 1.55. The number of aromatic hydroxyl groups is 1. The first-order valence-corrected chi connectivity index (χ1v) is 12.6. The molecule has 4 N–H and O–H groups in total. The number of para-hydroxylation sites is 1. The number of hydrogen-bond acceptors (Lipinski definition) is 9. The number of fused-ring (bicyclic) bond motifs is 4. The summed E-state index contributed by atoms with van der Waals surface area (Å²) in [5, 5.41) is 14.8. The number of piperazine rings is 1. The Balaban J connectivity index is 1.41. The number of rotatable bonds is 3. The quantitative estimate of drug-likeness (QED) is 0.267. The van der Waals surface area contributed by atoms with Gasteiger partial charge in [-0.05, 0) is 42.3 Å². The molecule has 1 atom stereocenters. The van der Waals surface area contributed by atoms with Crippen molar-refractivity contribution in [3.8, 4) is 5.88 Å². The molecule has 3 aromatic rings. The van der Waals surface area contributed by atoms with Gasteiger partial charge in [-0.1, -0.05) is 18.2 Å². The van der Waals surface area contributed by atoms with Crippen molar-refractivity contribution < 1.29 is 19.5 Å². The molecule has 2 aromatic carbocycles. The first-order valence-electron chi connectivity index (χ1n) is 12.6. The van der Waals surface area contributed by atoms with Crippen LogP contribution in [0.25, 0.3) is 0 Å². The summed E-state index contributed by atoms with van der Waals surface area (Å²) in [5.41, 5.74) is -0.460. The highest BCUT2D eigenvalue weighted by molar-refractivity contribution is 6.20. The van der Waals surface area contributed by atoms with Gasteiger partial charge in [0, 0.05) is 44.3 Å². The molecule has 2 saturated heterocycles. The smallest absolute Gasteiger partial charge is 0.330 e. The number of barbiturate groups is 1. The molecule has 204 valence electrons. The maximum Gasteiger partial charge on any atom is 0.330 e. The number of urea groups is 1. The van der Waals surface area contributed by atoms with Crippen molar-refractivity contribution in [2.24, 2.45) is 17.5 Å². The molecule has 1 spiro atoms. The monoisotopic (exact) mass is 543 g/mol. The number of benzene rings is 2. The fourth-order valence-corrected chi connectivity index (χ4v) is 5.77. The van der Waals surface area contributed by atoms with Gasteiger partial charge in [0.1, 0.15) is 5.56 Å². The Hall–Kier alpha value is -5.20. The molecule has 3 aliphatic rings. The third-order valence-electron chi connectivity index (χ3n) is 7.85. The Morgan fingerprint density at radius 1 is 1.00 bits per heavy atom. The molecule has 0 saturated carbocycles. The molecule has 3 aliphatic heterocycles. The van der Waals surface area contributed by atoms with Gasteiger partial charge in [-0.15, -0.1) is 0 Å². The van der Waals surface area contributed by atoms with Crippen LogP contribution in [0.4, 0.5) is 21.9 Å². The zero-order valence-electron chi connectivity index (χ0n) is 21.4. The average molecular weight is 544 g/mol. The maximum absolute atomic E-state index is 13.5. The van der Waals surface area contributed by atoms with Crippen molar-refractivity contribution in [2.45, 2.75) is 12.5 Å². The van der Waals surface area contributed by atoms with Crippen LogP contribution in [0.15, 0.2) is 63.1 Å². The average Bonchev–Trinajstić information content (AvgIpc) is 2.94. The van der Waals surface area contributed by atoms with Gasteiger partial charge >= 0.3 is 11.7 Å². The predicted molar refractivity (Wildman–Crippen MR) is 145 cm³/mol. The van der Waals surface area contributed by atoms with Gasteiger partial charge in [-0.2, -0.15) is 0 Å². The lowest BCUT2D eigenvalue weighted by atomic mass is 9.68.